The van der Waals surface area contributed by atoms with Crippen LogP contribution in [0.1, 0.15) is 38.1 Å². The van der Waals surface area contributed by atoms with Gasteiger partial charge >= 0.3 is 6.09 Å². The molecule has 0 saturated heterocycles. The quantitative estimate of drug-likeness (QED) is 0.387. The summed E-state index contributed by atoms with van der Waals surface area (Å²) in [5.41, 5.74) is 4.76. The van der Waals surface area contributed by atoms with Crippen molar-refractivity contribution in [2.45, 2.75) is 38.7 Å². The minimum atomic E-state index is -0.616. The molecule has 0 fully saturated rings. The standard InChI is InChI=1S/C13H20N4O3S/c1-8(21)15-11(18)9-5-6-10(14-7-9)16-17-12(19)20-13(2,3)4/h5-8,21H,1-4H3,(H,14,16)(H,15,18)(H,17,19). The molecule has 0 radical (unpaired) electrons. The van der Waals surface area contributed by atoms with Crippen molar-refractivity contribution in [2.75, 3.05) is 5.43 Å². The maximum atomic E-state index is 11.7. The van der Waals surface area contributed by atoms with Crippen LogP contribution in [0.15, 0.2) is 18.3 Å². The molecule has 1 aromatic heterocycles. The molecule has 21 heavy (non-hydrogen) atoms. The van der Waals surface area contributed by atoms with E-state index in [0.717, 1.165) is 0 Å². The Balaban J connectivity index is 2.52. The summed E-state index contributed by atoms with van der Waals surface area (Å²) in [5.74, 6) is 0.119. The molecule has 1 unspecified atom stereocenters. The van der Waals surface area contributed by atoms with Crippen molar-refractivity contribution in [1.29, 1.82) is 0 Å². The Kier molecular flexibility index (Phi) is 5.83. The van der Waals surface area contributed by atoms with Crippen molar-refractivity contribution in [3.63, 3.8) is 0 Å². The number of aromatic nitrogens is 1. The molecule has 1 heterocycles. The van der Waals surface area contributed by atoms with E-state index in [4.69, 9.17) is 4.74 Å². The van der Waals surface area contributed by atoms with Gasteiger partial charge in [-0.3, -0.25) is 10.2 Å². The highest BCUT2D eigenvalue weighted by molar-refractivity contribution is 7.80. The summed E-state index contributed by atoms with van der Waals surface area (Å²) in [5, 5.41) is 2.38. The monoisotopic (exact) mass is 312 g/mol. The summed E-state index contributed by atoms with van der Waals surface area (Å²) in [6.45, 7) is 7.04. The second kappa shape index (κ2) is 7.16. The fourth-order valence-electron chi connectivity index (χ4n) is 1.29. The van der Waals surface area contributed by atoms with Crippen LogP contribution >= 0.6 is 12.6 Å². The third kappa shape index (κ3) is 6.84. The predicted molar refractivity (Wildman–Crippen MR) is 83.1 cm³/mol. The van der Waals surface area contributed by atoms with Crippen molar-refractivity contribution in [3.8, 4) is 0 Å². The first-order valence-electron chi connectivity index (χ1n) is 6.37. The van der Waals surface area contributed by atoms with E-state index in [1.54, 1.807) is 39.8 Å². The molecule has 0 aliphatic carbocycles. The van der Waals surface area contributed by atoms with E-state index < -0.39 is 11.7 Å². The number of carbonyl (C=O) groups is 2. The molecule has 1 aromatic rings. The van der Waals surface area contributed by atoms with Gasteiger partial charge in [-0.1, -0.05) is 0 Å². The second-order valence-corrected chi connectivity index (χ2v) is 6.11. The maximum Gasteiger partial charge on any atom is 0.426 e. The first-order valence-corrected chi connectivity index (χ1v) is 6.89. The van der Waals surface area contributed by atoms with Crippen LogP contribution in [-0.4, -0.2) is 28.0 Å². The fourth-order valence-corrected chi connectivity index (χ4v) is 1.41. The molecule has 7 nitrogen and oxygen atoms in total. The summed E-state index contributed by atoms with van der Waals surface area (Å²) in [6, 6.07) is 3.15. The molecule has 8 heteroatoms. The number of ether oxygens (including phenoxy) is 1. The zero-order valence-corrected chi connectivity index (χ0v) is 13.3. The van der Waals surface area contributed by atoms with Crippen LogP contribution in [0.5, 0.6) is 0 Å². The zero-order valence-electron chi connectivity index (χ0n) is 12.4. The fraction of sp³-hybridized carbons (Fsp3) is 0.462. The Labute approximate surface area is 129 Å². The van der Waals surface area contributed by atoms with Crippen LogP contribution in [0.25, 0.3) is 0 Å². The van der Waals surface area contributed by atoms with E-state index in [2.05, 4.69) is 33.8 Å². The Hall–Kier alpha value is -1.96. The predicted octanol–water partition coefficient (Wildman–Crippen LogP) is 1.94. The summed E-state index contributed by atoms with van der Waals surface area (Å²) in [7, 11) is 0. The molecule has 1 rings (SSSR count). The van der Waals surface area contributed by atoms with Crippen LogP contribution < -0.4 is 16.2 Å². The molecule has 0 spiro atoms. The number of amides is 2. The minimum Gasteiger partial charge on any atom is -0.443 e. The number of hydrazine groups is 1. The third-order valence-electron chi connectivity index (χ3n) is 2.06. The molecular weight excluding hydrogens is 292 g/mol. The largest absolute Gasteiger partial charge is 0.443 e. The van der Waals surface area contributed by atoms with Crippen LogP contribution in [0, 0.1) is 0 Å². The number of pyridine rings is 1. The SMILES string of the molecule is CC(S)NC(=O)c1ccc(NNC(=O)OC(C)(C)C)nc1. The van der Waals surface area contributed by atoms with Gasteiger partial charge in [0.1, 0.15) is 11.4 Å². The molecule has 0 aromatic carbocycles. The minimum absolute atomic E-state index is 0.246. The third-order valence-corrected chi connectivity index (χ3v) is 2.19. The highest BCUT2D eigenvalue weighted by atomic mass is 32.1. The van der Waals surface area contributed by atoms with Gasteiger partial charge in [0.05, 0.1) is 10.9 Å². The average molecular weight is 312 g/mol. The van der Waals surface area contributed by atoms with Crippen LogP contribution in [0.4, 0.5) is 10.6 Å². The summed E-state index contributed by atoms with van der Waals surface area (Å²) >= 11 is 4.07. The van der Waals surface area contributed by atoms with Gasteiger partial charge in [0.15, 0.2) is 0 Å². The Morgan fingerprint density at radius 1 is 1.33 bits per heavy atom. The molecule has 116 valence electrons. The second-order valence-electron chi connectivity index (χ2n) is 5.33. The normalized spacial score (nSPS) is 12.2. The number of hydrogen-bond donors (Lipinski definition) is 4. The van der Waals surface area contributed by atoms with Gasteiger partial charge in [0.25, 0.3) is 5.91 Å². The number of nitrogens with one attached hydrogen (secondary N) is 3. The lowest BCUT2D eigenvalue weighted by Crippen LogP contribution is -2.36. The molecule has 1 atom stereocenters. The topological polar surface area (TPSA) is 92.4 Å². The van der Waals surface area contributed by atoms with E-state index in [9.17, 15) is 9.59 Å². The summed E-state index contributed by atoms with van der Waals surface area (Å²) in [6.07, 6.45) is 0.778. The van der Waals surface area contributed by atoms with Gasteiger partial charge in [-0.2, -0.15) is 12.6 Å². The molecule has 0 bridgehead atoms. The first-order chi connectivity index (χ1) is 9.67. The molecule has 2 amide bonds. The Morgan fingerprint density at radius 2 is 2.00 bits per heavy atom. The molecule has 0 aliphatic rings. The number of carbonyl (C=O) groups excluding carboxylic acids is 2. The molecule has 0 saturated carbocycles. The van der Waals surface area contributed by atoms with E-state index in [0.29, 0.717) is 11.4 Å². The van der Waals surface area contributed by atoms with E-state index >= 15 is 0 Å². The van der Waals surface area contributed by atoms with Gasteiger partial charge in [0.2, 0.25) is 0 Å². The first kappa shape index (κ1) is 17.1. The lowest BCUT2D eigenvalue weighted by atomic mass is 10.2. The highest BCUT2D eigenvalue weighted by Crippen LogP contribution is 2.07. The van der Waals surface area contributed by atoms with Gasteiger partial charge in [0, 0.05) is 6.20 Å². The van der Waals surface area contributed by atoms with E-state index in [1.807, 2.05) is 0 Å². The molecular formula is C13H20N4O3S. The van der Waals surface area contributed by atoms with Crippen molar-refractivity contribution < 1.29 is 14.3 Å². The number of anilines is 1. The maximum absolute atomic E-state index is 11.7. The van der Waals surface area contributed by atoms with Gasteiger partial charge in [-0.15, -0.1) is 0 Å². The lowest BCUT2D eigenvalue weighted by molar-refractivity contribution is 0.0540. The highest BCUT2D eigenvalue weighted by Gasteiger charge is 2.15. The van der Waals surface area contributed by atoms with Crippen LogP contribution in [0.3, 0.4) is 0 Å². The van der Waals surface area contributed by atoms with E-state index in [-0.39, 0.29) is 11.3 Å². The molecule has 0 aliphatic heterocycles. The van der Waals surface area contributed by atoms with Crippen molar-refractivity contribution >= 4 is 30.4 Å². The number of nitrogens with zero attached hydrogens (tertiary/aromatic N) is 1. The Bertz CT molecular complexity index is 497. The van der Waals surface area contributed by atoms with Gasteiger partial charge in [-0.25, -0.2) is 15.2 Å². The van der Waals surface area contributed by atoms with Crippen molar-refractivity contribution in [3.05, 3.63) is 23.9 Å². The number of hydrogen-bond acceptors (Lipinski definition) is 6. The van der Waals surface area contributed by atoms with Crippen molar-refractivity contribution in [2.24, 2.45) is 0 Å². The lowest BCUT2D eigenvalue weighted by Gasteiger charge is -2.19. The average Bonchev–Trinajstić information content (AvgIpc) is 2.34. The smallest absolute Gasteiger partial charge is 0.426 e. The van der Waals surface area contributed by atoms with E-state index in [1.165, 1.54) is 6.20 Å². The molecule has 3 N–H and O–H groups in total. The van der Waals surface area contributed by atoms with Crippen LogP contribution in [-0.2, 0) is 4.74 Å². The zero-order chi connectivity index (χ0) is 16.0. The van der Waals surface area contributed by atoms with Crippen LogP contribution in [0.2, 0.25) is 0 Å². The number of thiol groups is 1. The Morgan fingerprint density at radius 3 is 2.48 bits per heavy atom. The number of rotatable bonds is 4. The van der Waals surface area contributed by atoms with Crippen molar-refractivity contribution in [1.82, 2.24) is 15.7 Å². The summed E-state index contributed by atoms with van der Waals surface area (Å²) in [4.78, 5) is 27.1. The van der Waals surface area contributed by atoms with Gasteiger partial charge in [-0.05, 0) is 39.8 Å². The summed E-state index contributed by atoms with van der Waals surface area (Å²) < 4.78 is 5.05. The van der Waals surface area contributed by atoms with Gasteiger partial charge < -0.3 is 10.1 Å².